The number of aromatic nitrogens is 2. The lowest BCUT2D eigenvalue weighted by Crippen LogP contribution is -2.47. The maximum absolute atomic E-state index is 14.4. The fraction of sp³-hybridized carbons (Fsp3) is 0.433. The molecule has 10 heteroatoms. The van der Waals surface area contributed by atoms with Crippen LogP contribution >= 0.6 is 0 Å². The van der Waals surface area contributed by atoms with Gasteiger partial charge in [0, 0.05) is 44.2 Å². The van der Waals surface area contributed by atoms with E-state index >= 15 is 0 Å². The molecule has 1 aliphatic heterocycles. The van der Waals surface area contributed by atoms with Crippen LogP contribution in [0.3, 0.4) is 0 Å². The summed E-state index contributed by atoms with van der Waals surface area (Å²) in [6.07, 6.45) is 3.49. The fourth-order valence-electron chi connectivity index (χ4n) is 5.84. The maximum atomic E-state index is 14.4. The van der Waals surface area contributed by atoms with Gasteiger partial charge in [0.05, 0.1) is 18.3 Å². The number of amides is 2. The summed E-state index contributed by atoms with van der Waals surface area (Å²) in [6, 6.07) is 12.2. The first kappa shape index (κ1) is 27.8. The Morgan fingerprint density at radius 2 is 1.73 bits per heavy atom. The first-order valence-corrected chi connectivity index (χ1v) is 14.0. The highest BCUT2D eigenvalue weighted by Crippen LogP contribution is 2.35. The number of halogens is 2. The van der Waals surface area contributed by atoms with E-state index in [1.54, 1.807) is 16.4 Å². The zero-order valence-electron chi connectivity index (χ0n) is 22.7. The number of imidazole rings is 1. The van der Waals surface area contributed by atoms with Gasteiger partial charge in [-0.1, -0.05) is 56.2 Å². The van der Waals surface area contributed by atoms with Crippen molar-refractivity contribution in [1.29, 1.82) is 0 Å². The van der Waals surface area contributed by atoms with Crippen LogP contribution in [0.5, 0.6) is 0 Å². The Morgan fingerprint density at radius 1 is 1.00 bits per heavy atom. The molecule has 1 unspecified atom stereocenters. The number of hydrogen-bond acceptors (Lipinski definition) is 4. The SMILES string of the molecule is CCC(=O)N[C@H]1CCCCC1n1c(-c2ccccc2)c(C(=O)N2CCNCC2)n(Cc2ccc(F)c(F)c2)c1=O. The molecule has 0 spiro atoms. The highest BCUT2D eigenvalue weighted by atomic mass is 19.2. The van der Waals surface area contributed by atoms with E-state index in [2.05, 4.69) is 10.6 Å². The number of carbonyl (C=O) groups is 2. The second kappa shape index (κ2) is 12.2. The van der Waals surface area contributed by atoms with Crippen LogP contribution in [0.1, 0.15) is 61.1 Å². The molecule has 2 fully saturated rings. The van der Waals surface area contributed by atoms with Gasteiger partial charge in [-0.15, -0.1) is 0 Å². The van der Waals surface area contributed by atoms with Gasteiger partial charge in [-0.25, -0.2) is 13.6 Å². The summed E-state index contributed by atoms with van der Waals surface area (Å²) in [5.74, 6) is -2.38. The van der Waals surface area contributed by atoms with Crippen molar-refractivity contribution in [2.75, 3.05) is 26.2 Å². The Kier molecular flexibility index (Phi) is 8.44. The third-order valence-electron chi connectivity index (χ3n) is 7.88. The van der Waals surface area contributed by atoms with Gasteiger partial charge in [0.2, 0.25) is 5.91 Å². The van der Waals surface area contributed by atoms with Gasteiger partial charge in [-0.05, 0) is 30.5 Å². The maximum Gasteiger partial charge on any atom is 0.329 e. The van der Waals surface area contributed by atoms with Gasteiger partial charge in [0.25, 0.3) is 5.91 Å². The molecule has 40 heavy (non-hydrogen) atoms. The Bertz CT molecular complexity index is 1430. The van der Waals surface area contributed by atoms with E-state index in [0.717, 1.165) is 25.0 Å². The highest BCUT2D eigenvalue weighted by Gasteiger charge is 2.36. The zero-order chi connectivity index (χ0) is 28.2. The molecule has 3 aromatic rings. The van der Waals surface area contributed by atoms with Crippen LogP contribution in [-0.4, -0.2) is 58.1 Å². The largest absolute Gasteiger partial charge is 0.351 e. The first-order chi connectivity index (χ1) is 19.4. The molecule has 0 bridgehead atoms. The van der Waals surface area contributed by atoms with E-state index in [1.807, 2.05) is 30.3 Å². The van der Waals surface area contributed by atoms with Gasteiger partial charge >= 0.3 is 5.69 Å². The molecule has 2 aliphatic rings. The summed E-state index contributed by atoms with van der Waals surface area (Å²) in [5.41, 5.74) is 1.36. The molecule has 2 atom stereocenters. The lowest BCUT2D eigenvalue weighted by molar-refractivity contribution is -0.122. The van der Waals surface area contributed by atoms with Crippen LogP contribution in [0.4, 0.5) is 8.78 Å². The first-order valence-electron chi connectivity index (χ1n) is 14.0. The summed E-state index contributed by atoms with van der Waals surface area (Å²) in [6.45, 7) is 3.92. The number of piperazine rings is 1. The minimum atomic E-state index is -1.02. The van der Waals surface area contributed by atoms with Crippen LogP contribution in [0.15, 0.2) is 53.3 Å². The van der Waals surface area contributed by atoms with Crippen molar-refractivity contribution in [2.24, 2.45) is 0 Å². The van der Waals surface area contributed by atoms with E-state index in [-0.39, 0.29) is 36.1 Å². The number of nitrogens with one attached hydrogen (secondary N) is 2. The summed E-state index contributed by atoms with van der Waals surface area (Å²) in [4.78, 5) is 42.8. The van der Waals surface area contributed by atoms with Crippen LogP contribution in [0.25, 0.3) is 11.3 Å². The van der Waals surface area contributed by atoms with E-state index in [0.29, 0.717) is 62.3 Å². The molecule has 1 saturated heterocycles. The number of benzene rings is 2. The summed E-state index contributed by atoms with van der Waals surface area (Å²) < 4.78 is 31.0. The highest BCUT2D eigenvalue weighted by molar-refractivity contribution is 5.99. The second-order valence-electron chi connectivity index (χ2n) is 10.5. The zero-order valence-corrected chi connectivity index (χ0v) is 22.7. The predicted octanol–water partition coefficient (Wildman–Crippen LogP) is 3.70. The topological polar surface area (TPSA) is 88.4 Å². The number of rotatable bonds is 7. The molecule has 2 aromatic carbocycles. The second-order valence-corrected chi connectivity index (χ2v) is 10.5. The number of carbonyl (C=O) groups excluding carboxylic acids is 2. The molecular formula is C30H35F2N5O3. The summed E-state index contributed by atoms with van der Waals surface area (Å²) >= 11 is 0. The average Bonchev–Trinajstić information content (AvgIpc) is 3.27. The lowest BCUT2D eigenvalue weighted by atomic mass is 9.89. The lowest BCUT2D eigenvalue weighted by Gasteiger charge is -2.34. The predicted molar refractivity (Wildman–Crippen MR) is 148 cm³/mol. The standard InChI is InChI=1S/C30H35F2N5O3/c1-2-26(38)34-24-10-6-7-11-25(24)37-27(21-8-4-3-5-9-21)28(29(39)35-16-14-33-15-17-35)36(30(37)40)19-20-12-13-22(31)23(32)18-20/h3-5,8-9,12-13,18,24-25,33H,2,6-7,10-11,14-17,19H2,1H3,(H,34,38)/t24-,25?/m0/s1. The van der Waals surface area contributed by atoms with Crippen molar-refractivity contribution in [3.8, 4) is 11.3 Å². The summed E-state index contributed by atoms with van der Waals surface area (Å²) in [5, 5.41) is 6.35. The Morgan fingerprint density at radius 3 is 2.42 bits per heavy atom. The van der Waals surface area contributed by atoms with Crippen LogP contribution < -0.4 is 16.3 Å². The van der Waals surface area contributed by atoms with Crippen molar-refractivity contribution < 1.29 is 18.4 Å². The van der Waals surface area contributed by atoms with Gasteiger partial charge in [-0.3, -0.25) is 18.7 Å². The number of hydrogen-bond donors (Lipinski definition) is 2. The molecular weight excluding hydrogens is 516 g/mol. The van der Waals surface area contributed by atoms with E-state index in [4.69, 9.17) is 0 Å². The Hall–Kier alpha value is -3.79. The molecule has 2 heterocycles. The average molecular weight is 552 g/mol. The quantitative estimate of drug-likeness (QED) is 0.469. The van der Waals surface area contributed by atoms with Crippen molar-refractivity contribution in [3.63, 3.8) is 0 Å². The fourth-order valence-corrected chi connectivity index (χ4v) is 5.84. The Balaban J connectivity index is 1.73. The molecule has 1 aromatic heterocycles. The van der Waals surface area contributed by atoms with Gasteiger partial charge < -0.3 is 15.5 Å². The molecule has 2 N–H and O–H groups in total. The molecule has 5 rings (SSSR count). The van der Waals surface area contributed by atoms with Crippen molar-refractivity contribution in [3.05, 3.63) is 81.9 Å². The van der Waals surface area contributed by atoms with Crippen molar-refractivity contribution >= 4 is 11.8 Å². The third-order valence-corrected chi connectivity index (χ3v) is 7.88. The third kappa shape index (κ3) is 5.58. The van der Waals surface area contributed by atoms with Crippen LogP contribution in [-0.2, 0) is 11.3 Å². The normalized spacial score (nSPS) is 19.4. The van der Waals surface area contributed by atoms with Crippen LogP contribution in [0, 0.1) is 11.6 Å². The molecule has 2 amide bonds. The van der Waals surface area contributed by atoms with E-state index < -0.39 is 17.3 Å². The minimum Gasteiger partial charge on any atom is -0.351 e. The monoisotopic (exact) mass is 551 g/mol. The molecule has 212 valence electrons. The van der Waals surface area contributed by atoms with Gasteiger partial charge in [0.1, 0.15) is 5.69 Å². The van der Waals surface area contributed by atoms with Gasteiger partial charge in [-0.2, -0.15) is 0 Å². The van der Waals surface area contributed by atoms with E-state index in [9.17, 15) is 23.2 Å². The molecule has 1 saturated carbocycles. The van der Waals surface area contributed by atoms with Gasteiger partial charge in [0.15, 0.2) is 11.6 Å². The molecule has 0 radical (unpaired) electrons. The molecule has 8 nitrogen and oxygen atoms in total. The van der Waals surface area contributed by atoms with Crippen LogP contribution in [0.2, 0.25) is 0 Å². The summed E-state index contributed by atoms with van der Waals surface area (Å²) in [7, 11) is 0. The molecule has 1 aliphatic carbocycles. The van der Waals surface area contributed by atoms with Crippen molar-refractivity contribution in [2.45, 2.75) is 57.7 Å². The number of nitrogens with zero attached hydrogens (tertiary/aromatic N) is 3. The van der Waals surface area contributed by atoms with Crippen molar-refractivity contribution in [1.82, 2.24) is 24.7 Å². The Labute approximate surface area is 232 Å². The van der Waals surface area contributed by atoms with E-state index in [1.165, 1.54) is 10.6 Å². The smallest absolute Gasteiger partial charge is 0.329 e. The minimum absolute atomic E-state index is 0.0930.